The SMILES string of the molecule is C=C(Br)CSc1nnc(-c2nn(Cc3ccccc3)c(=O)c3ccccc23)o1. The van der Waals surface area contributed by atoms with Gasteiger partial charge in [0, 0.05) is 11.1 Å². The minimum Gasteiger partial charge on any atom is -0.409 e. The Labute approximate surface area is 173 Å². The molecule has 2 aromatic heterocycles. The van der Waals surface area contributed by atoms with Gasteiger partial charge in [0.2, 0.25) is 0 Å². The zero-order chi connectivity index (χ0) is 19.5. The Kier molecular flexibility index (Phi) is 5.40. The molecule has 0 fully saturated rings. The van der Waals surface area contributed by atoms with Crippen LogP contribution in [0.2, 0.25) is 0 Å². The zero-order valence-electron chi connectivity index (χ0n) is 14.7. The van der Waals surface area contributed by atoms with Gasteiger partial charge in [-0.25, -0.2) is 4.68 Å². The molecule has 0 aliphatic rings. The maximum atomic E-state index is 12.9. The monoisotopic (exact) mass is 454 g/mol. The number of hydrogen-bond donors (Lipinski definition) is 0. The van der Waals surface area contributed by atoms with Gasteiger partial charge in [0.05, 0.1) is 11.9 Å². The summed E-state index contributed by atoms with van der Waals surface area (Å²) >= 11 is 4.69. The maximum Gasteiger partial charge on any atom is 0.277 e. The summed E-state index contributed by atoms with van der Waals surface area (Å²) in [5.74, 6) is 0.893. The van der Waals surface area contributed by atoms with Crippen molar-refractivity contribution in [2.45, 2.75) is 11.8 Å². The smallest absolute Gasteiger partial charge is 0.277 e. The zero-order valence-corrected chi connectivity index (χ0v) is 17.1. The Morgan fingerprint density at radius 3 is 2.54 bits per heavy atom. The highest BCUT2D eigenvalue weighted by molar-refractivity contribution is 9.11. The lowest BCUT2D eigenvalue weighted by molar-refractivity contribution is 0.463. The first-order chi connectivity index (χ1) is 13.6. The van der Waals surface area contributed by atoms with E-state index >= 15 is 0 Å². The topological polar surface area (TPSA) is 73.8 Å². The van der Waals surface area contributed by atoms with E-state index in [4.69, 9.17) is 4.42 Å². The van der Waals surface area contributed by atoms with Gasteiger partial charge in [-0.1, -0.05) is 82.8 Å². The molecule has 28 heavy (non-hydrogen) atoms. The average molecular weight is 455 g/mol. The van der Waals surface area contributed by atoms with E-state index in [0.29, 0.717) is 34.0 Å². The van der Waals surface area contributed by atoms with Gasteiger partial charge in [-0.05, 0) is 16.1 Å². The molecule has 0 aliphatic carbocycles. The molecule has 0 saturated heterocycles. The molecule has 0 atom stereocenters. The summed E-state index contributed by atoms with van der Waals surface area (Å²) in [5, 5.41) is 14.4. The Balaban J connectivity index is 1.80. The molecular formula is C20H15BrN4O2S. The second-order valence-corrected chi connectivity index (χ2v) is 8.07. The predicted molar refractivity (Wildman–Crippen MR) is 114 cm³/mol. The molecule has 0 unspecified atom stereocenters. The van der Waals surface area contributed by atoms with Crippen LogP contribution in [0, 0.1) is 0 Å². The molecule has 0 N–H and O–H groups in total. The van der Waals surface area contributed by atoms with Crippen molar-refractivity contribution in [1.82, 2.24) is 20.0 Å². The van der Waals surface area contributed by atoms with Crippen molar-refractivity contribution in [2.24, 2.45) is 0 Å². The van der Waals surface area contributed by atoms with Gasteiger partial charge in [-0.3, -0.25) is 4.79 Å². The highest BCUT2D eigenvalue weighted by Gasteiger charge is 2.17. The third-order valence-corrected chi connectivity index (χ3v) is 5.56. The molecule has 140 valence electrons. The number of thioether (sulfide) groups is 1. The van der Waals surface area contributed by atoms with Crippen molar-refractivity contribution >= 4 is 38.5 Å². The van der Waals surface area contributed by atoms with Gasteiger partial charge in [-0.15, -0.1) is 10.2 Å². The molecule has 0 saturated carbocycles. The Hall–Kier alpha value is -2.71. The summed E-state index contributed by atoms with van der Waals surface area (Å²) in [6.07, 6.45) is 0. The van der Waals surface area contributed by atoms with Crippen molar-refractivity contribution in [3.8, 4) is 11.6 Å². The fraction of sp³-hybridized carbons (Fsp3) is 0.100. The predicted octanol–water partition coefficient (Wildman–Crippen LogP) is 4.50. The molecule has 4 rings (SSSR count). The lowest BCUT2D eigenvalue weighted by Gasteiger charge is -2.09. The largest absolute Gasteiger partial charge is 0.409 e. The summed E-state index contributed by atoms with van der Waals surface area (Å²) in [7, 11) is 0. The molecule has 0 bridgehead atoms. The Morgan fingerprint density at radius 1 is 1.07 bits per heavy atom. The molecular weight excluding hydrogens is 440 g/mol. The van der Waals surface area contributed by atoms with E-state index < -0.39 is 0 Å². The number of halogens is 1. The average Bonchev–Trinajstić information content (AvgIpc) is 3.18. The van der Waals surface area contributed by atoms with Gasteiger partial charge in [0.25, 0.3) is 16.7 Å². The quantitative estimate of drug-likeness (QED) is 0.399. The Morgan fingerprint density at radius 2 is 1.79 bits per heavy atom. The summed E-state index contributed by atoms with van der Waals surface area (Å²) in [6.45, 7) is 4.15. The summed E-state index contributed by atoms with van der Waals surface area (Å²) < 4.78 is 8.04. The molecule has 0 spiro atoms. The third-order valence-electron chi connectivity index (χ3n) is 4.00. The van der Waals surface area contributed by atoms with E-state index in [1.807, 2.05) is 48.5 Å². The van der Waals surface area contributed by atoms with Crippen molar-refractivity contribution in [1.29, 1.82) is 0 Å². The standard InChI is InChI=1S/C20H15BrN4O2S/c1-13(21)12-28-20-23-22-18(27-20)17-15-9-5-6-10-16(15)19(26)25(24-17)11-14-7-3-2-4-8-14/h2-10H,1,11-12H2. The van der Waals surface area contributed by atoms with Crippen LogP contribution in [0.15, 0.2) is 80.1 Å². The van der Waals surface area contributed by atoms with Crippen LogP contribution in [-0.2, 0) is 6.54 Å². The van der Waals surface area contributed by atoms with E-state index in [9.17, 15) is 4.79 Å². The molecule has 2 aromatic carbocycles. The van der Waals surface area contributed by atoms with Crippen LogP contribution in [0.25, 0.3) is 22.4 Å². The number of fused-ring (bicyclic) bond motifs is 1. The van der Waals surface area contributed by atoms with Gasteiger partial charge >= 0.3 is 0 Å². The van der Waals surface area contributed by atoms with Crippen LogP contribution in [-0.4, -0.2) is 25.7 Å². The number of aromatic nitrogens is 4. The first-order valence-corrected chi connectivity index (χ1v) is 10.2. The summed E-state index contributed by atoms with van der Waals surface area (Å²) in [6, 6.07) is 17.0. The lowest BCUT2D eigenvalue weighted by atomic mass is 10.1. The van der Waals surface area contributed by atoms with Crippen molar-refractivity contribution in [2.75, 3.05) is 5.75 Å². The summed E-state index contributed by atoms with van der Waals surface area (Å²) in [5.41, 5.74) is 1.31. The van der Waals surface area contributed by atoms with Gasteiger partial charge in [-0.2, -0.15) is 5.10 Å². The summed E-state index contributed by atoms with van der Waals surface area (Å²) in [4.78, 5) is 12.9. The highest BCUT2D eigenvalue weighted by Crippen LogP contribution is 2.27. The van der Waals surface area contributed by atoms with Crippen LogP contribution >= 0.6 is 27.7 Å². The number of nitrogens with zero attached hydrogens (tertiary/aromatic N) is 4. The molecule has 2 heterocycles. The highest BCUT2D eigenvalue weighted by atomic mass is 79.9. The second-order valence-electron chi connectivity index (χ2n) is 6.02. The molecule has 0 amide bonds. The molecule has 0 radical (unpaired) electrons. The van der Waals surface area contributed by atoms with Crippen LogP contribution < -0.4 is 5.56 Å². The number of hydrogen-bond acceptors (Lipinski definition) is 6. The van der Waals surface area contributed by atoms with Crippen molar-refractivity contribution in [3.63, 3.8) is 0 Å². The molecule has 8 heteroatoms. The number of benzene rings is 2. The van der Waals surface area contributed by atoms with E-state index in [2.05, 4.69) is 37.8 Å². The van der Waals surface area contributed by atoms with Gasteiger partial charge < -0.3 is 4.42 Å². The minimum absolute atomic E-state index is 0.159. The van der Waals surface area contributed by atoms with Gasteiger partial charge in [0.15, 0.2) is 5.69 Å². The van der Waals surface area contributed by atoms with Crippen LogP contribution in [0.5, 0.6) is 0 Å². The van der Waals surface area contributed by atoms with Crippen molar-refractivity contribution < 1.29 is 4.42 Å². The number of rotatable bonds is 6. The van der Waals surface area contributed by atoms with Crippen LogP contribution in [0.1, 0.15) is 5.56 Å². The van der Waals surface area contributed by atoms with Gasteiger partial charge in [0.1, 0.15) is 0 Å². The fourth-order valence-electron chi connectivity index (χ4n) is 2.76. The van der Waals surface area contributed by atoms with Crippen molar-refractivity contribution in [3.05, 3.63) is 81.6 Å². The molecule has 4 aromatic rings. The van der Waals surface area contributed by atoms with E-state index in [1.54, 1.807) is 6.07 Å². The molecule has 0 aliphatic heterocycles. The van der Waals surface area contributed by atoms with E-state index in [1.165, 1.54) is 16.4 Å². The molecule has 6 nitrogen and oxygen atoms in total. The normalized spacial score (nSPS) is 11.0. The maximum absolute atomic E-state index is 12.9. The van der Waals surface area contributed by atoms with E-state index in [-0.39, 0.29) is 11.4 Å². The fourth-order valence-corrected chi connectivity index (χ4v) is 3.62. The Bertz CT molecular complexity index is 1200. The van der Waals surface area contributed by atoms with Crippen LogP contribution in [0.4, 0.5) is 0 Å². The lowest BCUT2D eigenvalue weighted by Crippen LogP contribution is -2.24. The third kappa shape index (κ3) is 3.93. The second kappa shape index (κ2) is 8.12. The first kappa shape index (κ1) is 18.6. The van der Waals surface area contributed by atoms with Crippen LogP contribution in [0.3, 0.4) is 0 Å². The minimum atomic E-state index is -0.159. The first-order valence-electron chi connectivity index (χ1n) is 8.45. The van der Waals surface area contributed by atoms with E-state index in [0.717, 1.165) is 10.0 Å².